The molecule has 2 unspecified atom stereocenters. The van der Waals surface area contributed by atoms with Gasteiger partial charge in [0.1, 0.15) is 18.3 Å². The van der Waals surface area contributed by atoms with Crippen LogP contribution in [0.1, 0.15) is 49.7 Å². The predicted molar refractivity (Wildman–Crippen MR) is 167 cm³/mol. The third-order valence-electron chi connectivity index (χ3n) is 10.8. The van der Waals surface area contributed by atoms with E-state index in [1.807, 2.05) is 17.0 Å². The number of nitrogens with zero attached hydrogens (tertiary/aromatic N) is 5. The minimum absolute atomic E-state index is 0.0486. The second-order valence-corrected chi connectivity index (χ2v) is 13.5. The van der Waals surface area contributed by atoms with E-state index in [-0.39, 0.29) is 41.7 Å². The molecule has 44 heavy (non-hydrogen) atoms. The van der Waals surface area contributed by atoms with Gasteiger partial charge >= 0.3 is 6.01 Å². The first-order valence-electron chi connectivity index (χ1n) is 15.9. The summed E-state index contributed by atoms with van der Waals surface area (Å²) in [5, 5.41) is 0.865. The molecule has 4 saturated heterocycles. The zero-order chi connectivity index (χ0) is 30.2. The van der Waals surface area contributed by atoms with Gasteiger partial charge in [-0.3, -0.25) is 9.69 Å². The van der Waals surface area contributed by atoms with Crippen LogP contribution in [0, 0.1) is 5.82 Å². The summed E-state index contributed by atoms with van der Waals surface area (Å²) in [6.07, 6.45) is 9.18. The molecule has 4 fully saturated rings. The van der Waals surface area contributed by atoms with Crippen molar-refractivity contribution < 1.29 is 18.3 Å². The Balaban J connectivity index is 1.22. The van der Waals surface area contributed by atoms with Crippen LogP contribution in [0.3, 0.4) is 0 Å². The van der Waals surface area contributed by atoms with Gasteiger partial charge in [-0.1, -0.05) is 36.4 Å². The molecule has 4 aliphatic heterocycles. The molecular weight excluding hydrogens is 584 g/mol. The minimum atomic E-state index is -0.869. The van der Waals surface area contributed by atoms with E-state index in [2.05, 4.69) is 32.4 Å². The van der Waals surface area contributed by atoms with Crippen molar-refractivity contribution in [2.75, 3.05) is 37.7 Å². The lowest BCUT2D eigenvalue weighted by Crippen LogP contribution is -2.63. The van der Waals surface area contributed by atoms with E-state index < -0.39 is 12.0 Å². The minimum Gasteiger partial charge on any atom is -0.461 e. The third-order valence-corrected chi connectivity index (χ3v) is 11.2. The van der Waals surface area contributed by atoms with Gasteiger partial charge in [-0.2, -0.15) is 4.98 Å². The molecule has 2 aromatic carbocycles. The first-order chi connectivity index (χ1) is 21.4. The number of alkyl halides is 1. The van der Waals surface area contributed by atoms with E-state index in [0.29, 0.717) is 47.7 Å². The summed E-state index contributed by atoms with van der Waals surface area (Å²) in [6, 6.07) is 6.26. The number of carbonyl (C=O) groups is 1. The quantitative estimate of drug-likeness (QED) is 0.320. The zero-order valence-corrected chi connectivity index (χ0v) is 25.5. The number of ether oxygens (including phenoxy) is 1. The van der Waals surface area contributed by atoms with Crippen molar-refractivity contribution in [1.29, 1.82) is 0 Å². The van der Waals surface area contributed by atoms with Crippen LogP contribution < -0.4 is 9.64 Å². The van der Waals surface area contributed by atoms with Crippen LogP contribution in [-0.2, 0) is 17.6 Å². The Morgan fingerprint density at radius 3 is 2.91 bits per heavy atom. The normalized spacial score (nSPS) is 27.7. The molecule has 8 rings (SSSR count). The number of halogens is 3. The molecule has 5 aliphatic rings. The zero-order valence-electron chi connectivity index (χ0n) is 24.7. The van der Waals surface area contributed by atoms with Crippen molar-refractivity contribution in [2.24, 2.45) is 0 Å². The van der Waals surface area contributed by atoms with Crippen LogP contribution in [0.2, 0.25) is 5.02 Å². The Morgan fingerprint density at radius 1 is 1.18 bits per heavy atom. The summed E-state index contributed by atoms with van der Waals surface area (Å²) in [5.41, 5.74) is 4.04. The monoisotopic (exact) mass is 619 g/mol. The second kappa shape index (κ2) is 10.7. The number of rotatable bonds is 6. The fourth-order valence-corrected chi connectivity index (χ4v) is 9.07. The third kappa shape index (κ3) is 4.25. The van der Waals surface area contributed by atoms with Crippen molar-refractivity contribution in [3.05, 3.63) is 59.0 Å². The summed E-state index contributed by atoms with van der Waals surface area (Å²) < 4.78 is 37.3. The molecule has 0 N–H and O–H groups in total. The first kappa shape index (κ1) is 28.2. The van der Waals surface area contributed by atoms with E-state index in [0.717, 1.165) is 62.6 Å². The van der Waals surface area contributed by atoms with Gasteiger partial charge < -0.3 is 14.5 Å². The van der Waals surface area contributed by atoms with Crippen LogP contribution in [0.15, 0.2) is 37.1 Å². The smallest absolute Gasteiger partial charge is 0.317 e. The Kier molecular flexibility index (Phi) is 6.83. The molecule has 0 radical (unpaired) electrons. The fraction of sp³-hybridized carbons (Fsp3) is 0.500. The lowest BCUT2D eigenvalue weighted by Gasteiger charge is -2.48. The van der Waals surface area contributed by atoms with Gasteiger partial charge in [-0.15, -0.1) is 0 Å². The van der Waals surface area contributed by atoms with Crippen LogP contribution in [0.25, 0.3) is 22.0 Å². The highest BCUT2D eigenvalue weighted by Gasteiger charge is 2.51. The van der Waals surface area contributed by atoms with Gasteiger partial charge in [0.05, 0.1) is 28.3 Å². The average Bonchev–Trinajstić information content (AvgIpc) is 3.67. The summed E-state index contributed by atoms with van der Waals surface area (Å²) >= 11 is 7.25. The van der Waals surface area contributed by atoms with Crippen LogP contribution >= 0.6 is 11.6 Å². The number of hydrogen-bond acceptors (Lipinski definition) is 6. The maximum Gasteiger partial charge on any atom is 0.317 e. The first-order valence-corrected chi connectivity index (χ1v) is 16.3. The number of amides is 1. The van der Waals surface area contributed by atoms with Gasteiger partial charge in [0.2, 0.25) is 5.91 Å². The number of hydrogen-bond donors (Lipinski definition) is 0. The number of likely N-dealkylation sites (tertiary alicyclic amines) is 1. The molecule has 5 heterocycles. The van der Waals surface area contributed by atoms with Crippen molar-refractivity contribution >= 4 is 34.1 Å². The Hall–Kier alpha value is -3.30. The molecule has 10 heteroatoms. The van der Waals surface area contributed by atoms with E-state index >= 15 is 4.39 Å². The number of fused-ring (bicyclic) bond motifs is 4. The van der Waals surface area contributed by atoms with Crippen molar-refractivity contribution in [3.63, 3.8) is 0 Å². The number of aryl methyl sites for hydroxylation is 1. The Bertz CT molecular complexity index is 1690. The Morgan fingerprint density at radius 2 is 2.05 bits per heavy atom. The highest BCUT2D eigenvalue weighted by molar-refractivity contribution is 6.38. The number of benzene rings is 2. The summed E-state index contributed by atoms with van der Waals surface area (Å²) in [4.78, 5) is 27.9. The molecule has 0 bridgehead atoms. The molecular formula is C34H36ClF2N5O2. The number of carbonyl (C=O) groups excluding carboxylic acids is 1. The van der Waals surface area contributed by atoms with Gasteiger partial charge in [0.25, 0.3) is 0 Å². The molecule has 7 nitrogen and oxygen atoms in total. The van der Waals surface area contributed by atoms with Gasteiger partial charge in [0.15, 0.2) is 5.82 Å². The van der Waals surface area contributed by atoms with Crippen LogP contribution in [0.4, 0.5) is 14.5 Å². The number of aromatic nitrogens is 2. The molecule has 4 atom stereocenters. The summed E-state index contributed by atoms with van der Waals surface area (Å²) in [5.74, 6) is -0.562. The van der Waals surface area contributed by atoms with Crippen LogP contribution in [-0.4, -0.2) is 82.3 Å². The topological polar surface area (TPSA) is 61.8 Å². The van der Waals surface area contributed by atoms with Crippen molar-refractivity contribution in [2.45, 2.75) is 75.2 Å². The summed E-state index contributed by atoms with van der Waals surface area (Å²) in [6.45, 7) is 6.44. The molecule has 1 aliphatic carbocycles. The van der Waals surface area contributed by atoms with E-state index in [1.165, 1.54) is 11.6 Å². The van der Waals surface area contributed by atoms with Crippen molar-refractivity contribution in [3.8, 4) is 17.1 Å². The predicted octanol–water partition coefficient (Wildman–Crippen LogP) is 5.90. The summed E-state index contributed by atoms with van der Waals surface area (Å²) in [7, 11) is 0. The molecule has 230 valence electrons. The van der Waals surface area contributed by atoms with Gasteiger partial charge in [-0.05, 0) is 74.3 Å². The van der Waals surface area contributed by atoms with Crippen molar-refractivity contribution in [1.82, 2.24) is 19.8 Å². The lowest BCUT2D eigenvalue weighted by molar-refractivity contribution is -0.127. The molecule has 0 spiro atoms. The SMILES string of the molecule is C=CC(=O)N1CCC2[C@H]1CN2c1c(Cl)c(-c2cccc3c2CCCC3)c(F)c2nc(OCC34CCCN3C[C@H](F)C4)ncc12. The molecule has 1 aromatic heterocycles. The van der Waals surface area contributed by atoms with Crippen LogP contribution in [0.5, 0.6) is 6.01 Å². The molecule has 0 saturated carbocycles. The highest BCUT2D eigenvalue weighted by Crippen LogP contribution is 2.49. The van der Waals surface area contributed by atoms with Gasteiger partial charge in [-0.25, -0.2) is 13.8 Å². The maximum absolute atomic E-state index is 16.8. The Labute approximate surface area is 260 Å². The van der Waals surface area contributed by atoms with Gasteiger partial charge in [0, 0.05) is 43.2 Å². The fourth-order valence-electron chi connectivity index (χ4n) is 8.68. The van der Waals surface area contributed by atoms with E-state index in [1.54, 1.807) is 6.20 Å². The average molecular weight is 620 g/mol. The van der Waals surface area contributed by atoms with E-state index in [9.17, 15) is 9.18 Å². The standard InChI is InChI=1S/C34H36ClF2N5O2/c1-2-27(43)41-14-11-25-26(41)18-42(25)32-24-16-38-33(44-19-34-12-6-13-40(34)17-21(36)15-34)39-31(24)30(37)28(29(32)35)23-10-5-8-20-7-3-4-9-22(20)23/h2,5,8,10,16,21,25-26H,1,3-4,6-7,9,11-15,17-19H2/t21-,25?,26-,34?/m1/s1. The largest absolute Gasteiger partial charge is 0.461 e. The second-order valence-electron chi connectivity index (χ2n) is 13.1. The molecule has 1 amide bonds. The maximum atomic E-state index is 16.8. The molecule has 3 aromatic rings. The lowest BCUT2D eigenvalue weighted by atomic mass is 9.85. The highest BCUT2D eigenvalue weighted by atomic mass is 35.5. The van der Waals surface area contributed by atoms with E-state index in [4.69, 9.17) is 16.3 Å². The number of anilines is 1.